The molecule has 2 atom stereocenters. The van der Waals surface area contributed by atoms with E-state index in [0.717, 1.165) is 57.2 Å². The Morgan fingerprint density at radius 1 is 1.36 bits per heavy atom. The molecule has 0 aliphatic carbocycles. The van der Waals surface area contributed by atoms with Crippen molar-refractivity contribution in [3.63, 3.8) is 0 Å². The predicted octanol–water partition coefficient (Wildman–Crippen LogP) is 2.27. The van der Waals surface area contributed by atoms with Crippen molar-refractivity contribution in [2.45, 2.75) is 32.0 Å². The molecule has 6 nitrogen and oxygen atoms in total. The lowest BCUT2D eigenvalue weighted by Crippen LogP contribution is -2.35. The Morgan fingerprint density at radius 3 is 3.28 bits per heavy atom. The van der Waals surface area contributed by atoms with Crippen LogP contribution in [0.4, 0.5) is 5.82 Å². The van der Waals surface area contributed by atoms with Crippen LogP contribution >= 0.6 is 0 Å². The van der Waals surface area contributed by atoms with E-state index in [1.54, 1.807) is 0 Å². The molecule has 0 amide bonds. The van der Waals surface area contributed by atoms with Gasteiger partial charge in [-0.2, -0.15) is 5.10 Å². The zero-order chi connectivity index (χ0) is 16.9. The van der Waals surface area contributed by atoms with Gasteiger partial charge in [0.15, 0.2) is 0 Å². The van der Waals surface area contributed by atoms with Crippen molar-refractivity contribution < 1.29 is 9.47 Å². The Kier molecular flexibility index (Phi) is 5.18. The molecule has 0 unspecified atom stereocenters. The van der Waals surface area contributed by atoms with E-state index in [9.17, 15) is 0 Å². The largest absolute Gasteiger partial charge is 0.491 e. The number of ether oxygens (including phenoxy) is 2. The smallest absolute Gasteiger partial charge is 0.124 e. The summed E-state index contributed by atoms with van der Waals surface area (Å²) >= 11 is 0. The molecule has 1 fully saturated rings. The first-order valence-corrected chi connectivity index (χ1v) is 9.16. The minimum Gasteiger partial charge on any atom is -0.491 e. The van der Waals surface area contributed by atoms with Crippen molar-refractivity contribution >= 4 is 5.82 Å². The van der Waals surface area contributed by atoms with E-state index in [2.05, 4.69) is 33.9 Å². The summed E-state index contributed by atoms with van der Waals surface area (Å²) in [5, 5.41) is 11.3. The highest BCUT2D eigenvalue weighted by molar-refractivity contribution is 5.35. The topological polar surface area (TPSA) is 60.3 Å². The summed E-state index contributed by atoms with van der Waals surface area (Å²) in [7, 11) is 0. The van der Waals surface area contributed by atoms with Crippen molar-refractivity contribution in [3.8, 4) is 5.75 Å². The molecule has 25 heavy (non-hydrogen) atoms. The molecule has 0 saturated carbocycles. The lowest BCUT2D eigenvalue weighted by molar-refractivity contribution is 0.0679. The molecule has 4 rings (SSSR count). The number of hydrogen-bond donors (Lipinski definition) is 2. The minimum absolute atomic E-state index is 0.257. The Morgan fingerprint density at radius 2 is 2.36 bits per heavy atom. The summed E-state index contributed by atoms with van der Waals surface area (Å²) in [5.41, 5.74) is 1.24. The number of nitrogens with zero attached hydrogens (tertiary/aromatic N) is 2. The molecule has 2 N–H and O–H groups in total. The number of aromatic nitrogens is 2. The third-order valence-electron chi connectivity index (χ3n) is 4.84. The Bertz CT molecular complexity index is 682. The Hall–Kier alpha value is -2.05. The second-order valence-corrected chi connectivity index (χ2v) is 6.87. The van der Waals surface area contributed by atoms with E-state index in [1.165, 1.54) is 5.56 Å². The van der Waals surface area contributed by atoms with Crippen LogP contribution in [0.3, 0.4) is 0 Å². The van der Waals surface area contributed by atoms with Gasteiger partial charge in [0, 0.05) is 44.8 Å². The van der Waals surface area contributed by atoms with E-state index < -0.39 is 0 Å². The first kappa shape index (κ1) is 16.4. The summed E-state index contributed by atoms with van der Waals surface area (Å²) in [4.78, 5) is 0. The van der Waals surface area contributed by atoms with E-state index >= 15 is 0 Å². The Labute approximate surface area is 148 Å². The number of anilines is 1. The van der Waals surface area contributed by atoms with Crippen LogP contribution < -0.4 is 15.4 Å². The van der Waals surface area contributed by atoms with Crippen LogP contribution in [-0.4, -0.2) is 42.2 Å². The second-order valence-electron chi connectivity index (χ2n) is 6.87. The normalized spacial score (nSPS) is 22.4. The van der Waals surface area contributed by atoms with Crippen LogP contribution in [0.25, 0.3) is 0 Å². The van der Waals surface area contributed by atoms with Gasteiger partial charge in [0.25, 0.3) is 0 Å². The molecule has 2 aliphatic rings. The van der Waals surface area contributed by atoms with Gasteiger partial charge in [0.05, 0.1) is 12.3 Å². The third kappa shape index (κ3) is 4.32. The second kappa shape index (κ2) is 7.89. The van der Waals surface area contributed by atoms with E-state index in [0.29, 0.717) is 12.5 Å². The fourth-order valence-corrected chi connectivity index (χ4v) is 3.45. The van der Waals surface area contributed by atoms with E-state index in [4.69, 9.17) is 9.47 Å². The molecular formula is C19H26N4O2. The number of hydrogen-bond acceptors (Lipinski definition) is 5. The van der Waals surface area contributed by atoms with Gasteiger partial charge in [0.2, 0.25) is 0 Å². The van der Waals surface area contributed by atoms with Crippen LogP contribution in [-0.2, 0) is 17.8 Å². The van der Waals surface area contributed by atoms with Crippen LogP contribution in [0.5, 0.6) is 5.75 Å². The fourth-order valence-electron chi connectivity index (χ4n) is 3.45. The quantitative estimate of drug-likeness (QED) is 0.808. The summed E-state index contributed by atoms with van der Waals surface area (Å²) in [6, 6.07) is 10.3. The van der Waals surface area contributed by atoms with Crippen molar-refractivity contribution in [1.29, 1.82) is 0 Å². The highest BCUT2D eigenvalue weighted by atomic mass is 16.5. The minimum atomic E-state index is 0.257. The molecule has 2 aliphatic heterocycles. The number of benzene rings is 1. The Balaban J connectivity index is 1.22. The van der Waals surface area contributed by atoms with Gasteiger partial charge in [-0.1, -0.05) is 12.1 Å². The van der Waals surface area contributed by atoms with Crippen molar-refractivity contribution in [3.05, 3.63) is 42.1 Å². The van der Waals surface area contributed by atoms with Crippen molar-refractivity contribution in [1.82, 2.24) is 15.1 Å². The van der Waals surface area contributed by atoms with Crippen molar-refractivity contribution in [2.24, 2.45) is 5.92 Å². The number of rotatable bonds is 7. The summed E-state index contributed by atoms with van der Waals surface area (Å²) in [6.07, 6.45) is 4.36. The maximum atomic E-state index is 5.88. The molecule has 3 heterocycles. The molecule has 0 radical (unpaired) electrons. The molecule has 0 spiro atoms. The van der Waals surface area contributed by atoms with Crippen LogP contribution in [0.1, 0.15) is 18.4 Å². The molecular weight excluding hydrogens is 316 g/mol. The van der Waals surface area contributed by atoms with Gasteiger partial charge in [0.1, 0.15) is 18.2 Å². The van der Waals surface area contributed by atoms with Crippen LogP contribution in [0.15, 0.2) is 36.5 Å². The van der Waals surface area contributed by atoms with Gasteiger partial charge in [-0.15, -0.1) is 0 Å². The van der Waals surface area contributed by atoms with Crippen molar-refractivity contribution in [2.75, 3.05) is 31.6 Å². The zero-order valence-electron chi connectivity index (χ0n) is 14.5. The van der Waals surface area contributed by atoms with Gasteiger partial charge in [-0.25, -0.2) is 4.68 Å². The van der Waals surface area contributed by atoms with E-state index in [-0.39, 0.29) is 6.10 Å². The molecule has 1 aromatic carbocycles. The SMILES string of the molecule is c1cc(CNC[C@H]2CNc3ccnn3C2)cc(OC[C@H]2CCCO2)c1. The van der Waals surface area contributed by atoms with Gasteiger partial charge < -0.3 is 20.1 Å². The third-order valence-corrected chi connectivity index (χ3v) is 4.84. The highest BCUT2D eigenvalue weighted by Gasteiger charge is 2.18. The maximum Gasteiger partial charge on any atom is 0.124 e. The number of nitrogens with one attached hydrogen (secondary N) is 2. The van der Waals surface area contributed by atoms with E-state index in [1.807, 2.05) is 23.0 Å². The summed E-state index contributed by atoms with van der Waals surface area (Å²) < 4.78 is 13.5. The molecule has 1 aromatic heterocycles. The van der Waals surface area contributed by atoms with Crippen LogP contribution in [0, 0.1) is 5.92 Å². The monoisotopic (exact) mass is 342 g/mol. The first-order chi connectivity index (χ1) is 12.4. The average molecular weight is 342 g/mol. The summed E-state index contributed by atoms with van der Waals surface area (Å²) in [6.45, 7) is 5.29. The first-order valence-electron chi connectivity index (χ1n) is 9.16. The van der Waals surface area contributed by atoms with Gasteiger partial charge in [-0.3, -0.25) is 0 Å². The lowest BCUT2D eigenvalue weighted by Gasteiger charge is -2.25. The predicted molar refractivity (Wildman–Crippen MR) is 96.8 cm³/mol. The summed E-state index contributed by atoms with van der Waals surface area (Å²) in [5.74, 6) is 2.59. The van der Waals surface area contributed by atoms with Gasteiger partial charge in [-0.05, 0) is 30.5 Å². The molecule has 6 heteroatoms. The number of fused-ring (bicyclic) bond motifs is 1. The molecule has 1 saturated heterocycles. The zero-order valence-corrected chi connectivity index (χ0v) is 14.5. The molecule has 0 bridgehead atoms. The van der Waals surface area contributed by atoms with Crippen LogP contribution in [0.2, 0.25) is 0 Å². The maximum absolute atomic E-state index is 5.88. The average Bonchev–Trinajstić information content (AvgIpc) is 3.31. The highest BCUT2D eigenvalue weighted by Crippen LogP contribution is 2.18. The molecule has 134 valence electrons. The standard InChI is InChI=1S/C19H26N4O2/c1-3-15(9-17(4-1)25-14-18-5-2-8-24-18)10-20-11-16-12-21-19-6-7-22-23(19)13-16/h1,3-4,6-7,9,16,18,20-21H,2,5,8,10-14H2/t16-,18+/m0/s1. The lowest BCUT2D eigenvalue weighted by atomic mass is 10.1. The molecule has 2 aromatic rings. The fraction of sp³-hybridized carbons (Fsp3) is 0.526. The van der Waals surface area contributed by atoms with Gasteiger partial charge >= 0.3 is 0 Å².